The maximum atomic E-state index is 12.1. The van der Waals surface area contributed by atoms with Crippen molar-refractivity contribution in [1.29, 1.82) is 0 Å². The van der Waals surface area contributed by atoms with Crippen LogP contribution in [0.5, 0.6) is 0 Å². The van der Waals surface area contributed by atoms with Crippen LogP contribution in [0.4, 0.5) is 0 Å². The third kappa shape index (κ3) is 5.49. The molecule has 3 unspecified atom stereocenters. The summed E-state index contributed by atoms with van der Waals surface area (Å²) in [5, 5.41) is 11.9. The SMILES string of the molecule is CCCN(CC(=O)O)CC(=O)NC1CCCC(C)C1C. The standard InChI is InChI=1S/C15H28N2O3/c1-4-8-17(10-15(19)20)9-14(18)16-13-7-5-6-11(2)12(13)3/h11-13H,4-10H2,1-3H3,(H,16,18)(H,19,20). The van der Waals surface area contributed by atoms with Gasteiger partial charge in [-0.05, 0) is 31.2 Å². The van der Waals surface area contributed by atoms with Gasteiger partial charge in [0.15, 0.2) is 0 Å². The van der Waals surface area contributed by atoms with Gasteiger partial charge in [-0.15, -0.1) is 0 Å². The van der Waals surface area contributed by atoms with Crippen molar-refractivity contribution in [3.63, 3.8) is 0 Å². The maximum absolute atomic E-state index is 12.1. The molecule has 2 N–H and O–H groups in total. The molecule has 1 rings (SSSR count). The van der Waals surface area contributed by atoms with E-state index in [1.165, 1.54) is 6.42 Å². The monoisotopic (exact) mass is 284 g/mol. The molecule has 0 aromatic rings. The zero-order chi connectivity index (χ0) is 15.1. The molecule has 5 nitrogen and oxygen atoms in total. The van der Waals surface area contributed by atoms with Crippen LogP contribution in [0, 0.1) is 11.8 Å². The van der Waals surface area contributed by atoms with Crippen molar-refractivity contribution in [3.8, 4) is 0 Å². The van der Waals surface area contributed by atoms with Crippen LogP contribution in [-0.2, 0) is 9.59 Å². The van der Waals surface area contributed by atoms with E-state index in [0.29, 0.717) is 18.4 Å². The highest BCUT2D eigenvalue weighted by Crippen LogP contribution is 2.29. The van der Waals surface area contributed by atoms with Gasteiger partial charge in [0.05, 0.1) is 13.1 Å². The van der Waals surface area contributed by atoms with Crippen molar-refractivity contribution in [2.45, 2.75) is 52.5 Å². The van der Waals surface area contributed by atoms with Crippen LogP contribution in [0.1, 0.15) is 46.5 Å². The molecule has 0 heterocycles. The molecule has 0 saturated heterocycles. The molecule has 1 aliphatic carbocycles. The molecule has 116 valence electrons. The maximum Gasteiger partial charge on any atom is 0.317 e. The summed E-state index contributed by atoms with van der Waals surface area (Å²) in [7, 11) is 0. The first kappa shape index (κ1) is 17.0. The van der Waals surface area contributed by atoms with E-state index in [-0.39, 0.29) is 25.0 Å². The van der Waals surface area contributed by atoms with Crippen LogP contribution in [-0.4, -0.2) is 47.6 Å². The van der Waals surface area contributed by atoms with E-state index in [0.717, 1.165) is 19.3 Å². The molecule has 0 aromatic carbocycles. The van der Waals surface area contributed by atoms with Crippen molar-refractivity contribution in [1.82, 2.24) is 10.2 Å². The van der Waals surface area contributed by atoms with E-state index in [1.54, 1.807) is 4.90 Å². The summed E-state index contributed by atoms with van der Waals surface area (Å²) in [6.45, 7) is 7.15. The number of amides is 1. The Balaban J connectivity index is 2.46. The second-order valence-electron chi connectivity index (χ2n) is 6.05. The Kier molecular flexibility index (Phi) is 6.99. The molecule has 0 bridgehead atoms. The van der Waals surface area contributed by atoms with Crippen molar-refractivity contribution in [3.05, 3.63) is 0 Å². The summed E-state index contributed by atoms with van der Waals surface area (Å²) < 4.78 is 0. The summed E-state index contributed by atoms with van der Waals surface area (Å²) in [6, 6.07) is 0.236. The van der Waals surface area contributed by atoms with Crippen molar-refractivity contribution in [2.75, 3.05) is 19.6 Å². The molecule has 1 fully saturated rings. The molecule has 1 aliphatic rings. The van der Waals surface area contributed by atoms with E-state index < -0.39 is 5.97 Å². The Morgan fingerprint density at radius 3 is 2.55 bits per heavy atom. The predicted octanol–water partition coefficient (Wildman–Crippen LogP) is 1.72. The molecule has 1 amide bonds. The van der Waals surface area contributed by atoms with E-state index >= 15 is 0 Å². The molecule has 1 saturated carbocycles. The van der Waals surface area contributed by atoms with Gasteiger partial charge in [-0.25, -0.2) is 0 Å². The number of hydrogen-bond donors (Lipinski definition) is 2. The second-order valence-corrected chi connectivity index (χ2v) is 6.05. The van der Waals surface area contributed by atoms with Crippen LogP contribution in [0.2, 0.25) is 0 Å². The molecule has 5 heteroatoms. The topological polar surface area (TPSA) is 69.6 Å². The fourth-order valence-corrected chi connectivity index (χ4v) is 2.96. The molecule has 0 spiro atoms. The first-order valence-corrected chi connectivity index (χ1v) is 7.67. The van der Waals surface area contributed by atoms with Gasteiger partial charge in [-0.3, -0.25) is 14.5 Å². The molecule has 20 heavy (non-hydrogen) atoms. The molecule has 0 aliphatic heterocycles. The molecule has 0 aromatic heterocycles. The number of nitrogens with one attached hydrogen (secondary N) is 1. The number of rotatable bonds is 7. The van der Waals surface area contributed by atoms with Gasteiger partial charge in [-0.1, -0.05) is 33.6 Å². The molecular formula is C15H28N2O3. The number of hydrogen-bond acceptors (Lipinski definition) is 3. The minimum absolute atomic E-state index is 0.0503. The minimum Gasteiger partial charge on any atom is -0.480 e. The van der Waals surface area contributed by atoms with Crippen molar-refractivity contribution >= 4 is 11.9 Å². The Morgan fingerprint density at radius 1 is 1.25 bits per heavy atom. The lowest BCUT2D eigenvalue weighted by molar-refractivity contribution is -0.138. The molecular weight excluding hydrogens is 256 g/mol. The first-order chi connectivity index (χ1) is 9.43. The lowest BCUT2D eigenvalue weighted by atomic mass is 9.78. The third-order valence-electron chi connectivity index (χ3n) is 4.32. The highest BCUT2D eigenvalue weighted by molar-refractivity contribution is 5.79. The normalized spacial score (nSPS) is 26.5. The number of carboxylic acid groups (broad SMARTS) is 1. The summed E-state index contributed by atoms with van der Waals surface area (Å²) in [5.74, 6) is 0.197. The minimum atomic E-state index is -0.883. The van der Waals surface area contributed by atoms with Crippen LogP contribution >= 0.6 is 0 Å². The lowest BCUT2D eigenvalue weighted by Gasteiger charge is -2.35. The fourth-order valence-electron chi connectivity index (χ4n) is 2.96. The summed E-state index contributed by atoms with van der Waals surface area (Å²) in [6.07, 6.45) is 4.26. The zero-order valence-corrected chi connectivity index (χ0v) is 12.9. The molecule has 0 radical (unpaired) electrons. The first-order valence-electron chi connectivity index (χ1n) is 7.67. The van der Waals surface area contributed by atoms with Crippen LogP contribution in [0.15, 0.2) is 0 Å². The highest BCUT2D eigenvalue weighted by atomic mass is 16.4. The van der Waals surface area contributed by atoms with Crippen molar-refractivity contribution in [2.24, 2.45) is 11.8 Å². The van der Waals surface area contributed by atoms with E-state index in [4.69, 9.17) is 5.11 Å². The second kappa shape index (κ2) is 8.25. The van der Waals surface area contributed by atoms with Crippen LogP contribution < -0.4 is 5.32 Å². The number of aliphatic carboxylic acids is 1. The fraction of sp³-hybridized carbons (Fsp3) is 0.867. The number of nitrogens with zero attached hydrogens (tertiary/aromatic N) is 1. The van der Waals surface area contributed by atoms with Gasteiger partial charge in [0.25, 0.3) is 0 Å². The largest absolute Gasteiger partial charge is 0.480 e. The summed E-state index contributed by atoms with van der Waals surface area (Å²) in [4.78, 5) is 24.6. The third-order valence-corrected chi connectivity index (χ3v) is 4.32. The Morgan fingerprint density at radius 2 is 1.95 bits per heavy atom. The number of carbonyl (C=O) groups excluding carboxylic acids is 1. The Hall–Kier alpha value is -1.10. The predicted molar refractivity (Wildman–Crippen MR) is 78.5 cm³/mol. The zero-order valence-electron chi connectivity index (χ0n) is 12.9. The van der Waals surface area contributed by atoms with E-state index in [9.17, 15) is 9.59 Å². The van der Waals surface area contributed by atoms with Gasteiger partial charge in [0.1, 0.15) is 0 Å². The summed E-state index contributed by atoms with van der Waals surface area (Å²) >= 11 is 0. The summed E-state index contributed by atoms with van der Waals surface area (Å²) in [5.41, 5.74) is 0. The lowest BCUT2D eigenvalue weighted by Crippen LogP contribution is -2.48. The average molecular weight is 284 g/mol. The van der Waals surface area contributed by atoms with Gasteiger partial charge in [0, 0.05) is 6.04 Å². The van der Waals surface area contributed by atoms with Gasteiger partial charge >= 0.3 is 5.97 Å². The quantitative estimate of drug-likeness (QED) is 0.747. The van der Waals surface area contributed by atoms with E-state index in [2.05, 4.69) is 19.2 Å². The Labute approximate surface area is 121 Å². The number of carbonyl (C=O) groups is 2. The van der Waals surface area contributed by atoms with Crippen molar-refractivity contribution < 1.29 is 14.7 Å². The number of carboxylic acids is 1. The average Bonchev–Trinajstić information content (AvgIpc) is 2.34. The van der Waals surface area contributed by atoms with Crippen LogP contribution in [0.3, 0.4) is 0 Å². The Bertz CT molecular complexity index is 333. The van der Waals surface area contributed by atoms with E-state index in [1.807, 2.05) is 6.92 Å². The van der Waals surface area contributed by atoms with Gasteiger partial charge in [0.2, 0.25) is 5.91 Å². The van der Waals surface area contributed by atoms with Gasteiger partial charge in [-0.2, -0.15) is 0 Å². The highest BCUT2D eigenvalue weighted by Gasteiger charge is 2.28. The molecule has 3 atom stereocenters. The smallest absolute Gasteiger partial charge is 0.317 e. The van der Waals surface area contributed by atoms with Gasteiger partial charge < -0.3 is 10.4 Å². The van der Waals surface area contributed by atoms with Crippen LogP contribution in [0.25, 0.3) is 0 Å².